The summed E-state index contributed by atoms with van der Waals surface area (Å²) in [5, 5.41) is 13.5. The van der Waals surface area contributed by atoms with Crippen LogP contribution in [0.25, 0.3) is 16.7 Å². The molecule has 1 atom stereocenters. The van der Waals surface area contributed by atoms with Gasteiger partial charge in [-0.2, -0.15) is 0 Å². The Kier molecular flexibility index (Phi) is 5.47. The Morgan fingerprint density at radius 1 is 1.03 bits per heavy atom. The molecule has 0 bridgehead atoms. The summed E-state index contributed by atoms with van der Waals surface area (Å²) in [6.45, 7) is 8.25. The highest BCUT2D eigenvalue weighted by Gasteiger charge is 2.30. The van der Waals surface area contributed by atoms with Crippen molar-refractivity contribution in [3.63, 3.8) is 0 Å². The molecule has 4 N–H and O–H groups in total. The number of phenolic OH excluding ortho intramolecular Hbond substituents is 1. The number of aromatic hydroxyl groups is 1. The predicted molar refractivity (Wildman–Crippen MR) is 129 cm³/mol. The highest BCUT2D eigenvalue weighted by Crippen LogP contribution is 2.46. The van der Waals surface area contributed by atoms with Gasteiger partial charge in [0.05, 0.1) is 18.7 Å². The molecule has 4 nitrogen and oxygen atoms in total. The van der Waals surface area contributed by atoms with Gasteiger partial charge >= 0.3 is 0 Å². The summed E-state index contributed by atoms with van der Waals surface area (Å²) in [6.07, 6.45) is 2.18. The summed E-state index contributed by atoms with van der Waals surface area (Å²) in [5.41, 5.74) is 14.0. The zero-order chi connectivity index (χ0) is 23.2. The number of benzene rings is 3. The molecule has 3 aromatic carbocycles. The van der Waals surface area contributed by atoms with Crippen LogP contribution in [0.3, 0.4) is 0 Å². The van der Waals surface area contributed by atoms with Gasteiger partial charge < -0.3 is 20.9 Å². The summed E-state index contributed by atoms with van der Waals surface area (Å²) < 4.78 is 19.8. The highest BCUT2D eigenvalue weighted by molar-refractivity contribution is 5.89. The fraction of sp³-hybridized carbons (Fsp3) is 0.259. The van der Waals surface area contributed by atoms with Crippen LogP contribution >= 0.6 is 0 Å². The average Bonchev–Trinajstić information content (AvgIpc) is 2.73. The molecule has 1 heterocycles. The van der Waals surface area contributed by atoms with E-state index in [1.807, 2.05) is 25.1 Å². The lowest BCUT2D eigenvalue weighted by Gasteiger charge is -2.35. The van der Waals surface area contributed by atoms with Crippen LogP contribution in [0.2, 0.25) is 0 Å². The van der Waals surface area contributed by atoms with E-state index >= 15 is 0 Å². The Morgan fingerprint density at radius 2 is 1.75 bits per heavy atom. The van der Waals surface area contributed by atoms with Gasteiger partial charge in [-0.3, -0.25) is 0 Å². The minimum atomic E-state index is -0.569. The van der Waals surface area contributed by atoms with Crippen molar-refractivity contribution in [2.45, 2.75) is 39.3 Å². The number of hydrogen-bond acceptors (Lipinski definition) is 4. The van der Waals surface area contributed by atoms with Gasteiger partial charge in [0.25, 0.3) is 0 Å². The Balaban J connectivity index is 2.05. The van der Waals surface area contributed by atoms with Gasteiger partial charge in [0, 0.05) is 22.9 Å². The Labute approximate surface area is 188 Å². The second-order valence-corrected chi connectivity index (χ2v) is 8.99. The Bertz CT molecular complexity index is 1230. The predicted octanol–water partition coefficient (Wildman–Crippen LogP) is 6.17. The van der Waals surface area contributed by atoms with Crippen molar-refractivity contribution in [3.8, 4) is 22.6 Å². The SMILES string of the molecule is COc1cc(O)ccc1-c1ccc2c(c1C(N)c1cc(F)ccc1C)C(C)=CC(C)(C)N2. The molecule has 1 aliphatic rings. The molecular formula is C27H29FN2O2. The van der Waals surface area contributed by atoms with Crippen molar-refractivity contribution < 1.29 is 14.2 Å². The third kappa shape index (κ3) is 3.84. The molecule has 5 heteroatoms. The van der Waals surface area contributed by atoms with Crippen molar-refractivity contribution in [3.05, 3.63) is 82.7 Å². The first kappa shape index (κ1) is 21.9. The summed E-state index contributed by atoms with van der Waals surface area (Å²) in [4.78, 5) is 0. The van der Waals surface area contributed by atoms with Crippen molar-refractivity contribution >= 4 is 11.3 Å². The van der Waals surface area contributed by atoms with Gasteiger partial charge in [-0.05, 0) is 85.9 Å². The number of hydrogen-bond donors (Lipinski definition) is 3. The Hall–Kier alpha value is -3.31. The number of aryl methyl sites for hydroxylation is 1. The maximum atomic E-state index is 14.2. The van der Waals surface area contributed by atoms with E-state index in [-0.39, 0.29) is 17.1 Å². The van der Waals surface area contributed by atoms with Gasteiger partial charge in [0.2, 0.25) is 0 Å². The second-order valence-electron chi connectivity index (χ2n) is 8.99. The summed E-state index contributed by atoms with van der Waals surface area (Å²) >= 11 is 0. The summed E-state index contributed by atoms with van der Waals surface area (Å²) in [7, 11) is 1.57. The monoisotopic (exact) mass is 432 g/mol. The fourth-order valence-electron chi connectivity index (χ4n) is 4.71. The average molecular weight is 433 g/mol. The fourth-order valence-corrected chi connectivity index (χ4v) is 4.71. The summed E-state index contributed by atoms with van der Waals surface area (Å²) in [6, 6.07) is 13.2. The van der Waals surface area contributed by atoms with E-state index in [1.54, 1.807) is 25.3 Å². The topological polar surface area (TPSA) is 67.5 Å². The second kappa shape index (κ2) is 7.99. The van der Waals surface area contributed by atoms with Crippen LogP contribution in [0.5, 0.6) is 11.5 Å². The molecule has 4 rings (SSSR count). The van der Waals surface area contributed by atoms with E-state index in [2.05, 4.69) is 32.2 Å². The number of phenols is 1. The first-order valence-electron chi connectivity index (χ1n) is 10.6. The molecule has 1 aliphatic heterocycles. The minimum Gasteiger partial charge on any atom is -0.508 e. The first-order chi connectivity index (χ1) is 15.1. The van der Waals surface area contributed by atoms with Crippen LogP contribution in [0.15, 0.2) is 54.6 Å². The number of fused-ring (bicyclic) bond motifs is 1. The third-order valence-corrected chi connectivity index (χ3v) is 6.04. The number of halogens is 1. The molecule has 0 spiro atoms. The van der Waals surface area contributed by atoms with E-state index in [4.69, 9.17) is 10.5 Å². The molecule has 0 amide bonds. The molecule has 0 aromatic heterocycles. The van der Waals surface area contributed by atoms with Crippen molar-refractivity contribution in [1.29, 1.82) is 0 Å². The quantitative estimate of drug-likeness (QED) is 0.461. The molecule has 0 saturated carbocycles. The van der Waals surface area contributed by atoms with Crippen LogP contribution in [-0.4, -0.2) is 17.8 Å². The smallest absolute Gasteiger partial charge is 0.130 e. The van der Waals surface area contributed by atoms with E-state index in [9.17, 15) is 9.50 Å². The molecule has 166 valence electrons. The lowest BCUT2D eigenvalue weighted by Crippen LogP contribution is -2.32. The maximum absolute atomic E-state index is 14.2. The number of allylic oxidation sites excluding steroid dienone is 1. The van der Waals surface area contributed by atoms with Crippen LogP contribution in [-0.2, 0) is 0 Å². The molecule has 1 unspecified atom stereocenters. The van der Waals surface area contributed by atoms with Gasteiger partial charge in [-0.1, -0.05) is 18.2 Å². The van der Waals surface area contributed by atoms with Gasteiger partial charge in [0.15, 0.2) is 0 Å². The highest BCUT2D eigenvalue weighted by atomic mass is 19.1. The molecule has 0 saturated heterocycles. The molecule has 0 fully saturated rings. The minimum absolute atomic E-state index is 0.120. The molecule has 3 aromatic rings. The molecule has 0 aliphatic carbocycles. The van der Waals surface area contributed by atoms with E-state index in [0.717, 1.165) is 44.6 Å². The third-order valence-electron chi connectivity index (χ3n) is 6.04. The lowest BCUT2D eigenvalue weighted by atomic mass is 9.80. The van der Waals surface area contributed by atoms with Gasteiger partial charge in [-0.15, -0.1) is 0 Å². The molecular weight excluding hydrogens is 403 g/mol. The van der Waals surface area contributed by atoms with Crippen molar-refractivity contribution in [2.24, 2.45) is 5.73 Å². The number of ether oxygens (including phenoxy) is 1. The maximum Gasteiger partial charge on any atom is 0.130 e. The number of nitrogens with one attached hydrogen (secondary N) is 1. The normalized spacial score (nSPS) is 15.4. The van der Waals surface area contributed by atoms with E-state index in [0.29, 0.717) is 5.75 Å². The standard InChI is InChI=1S/C27H29FN2O2/c1-15-6-7-17(28)12-21(15)26(29)25-20(19-9-8-18(31)13-23(19)32-5)10-11-22-24(25)16(2)14-27(3,4)30-22/h6-14,26,30-31H,29H2,1-5H3. The number of nitrogens with two attached hydrogens (primary N) is 1. The zero-order valence-corrected chi connectivity index (χ0v) is 19.1. The molecule has 0 radical (unpaired) electrons. The van der Waals surface area contributed by atoms with E-state index < -0.39 is 6.04 Å². The number of rotatable bonds is 4. The van der Waals surface area contributed by atoms with Crippen LogP contribution in [0.1, 0.15) is 49.1 Å². The Morgan fingerprint density at radius 3 is 2.47 bits per heavy atom. The summed E-state index contributed by atoms with van der Waals surface area (Å²) in [5.74, 6) is 0.344. The number of anilines is 1. The zero-order valence-electron chi connectivity index (χ0n) is 19.1. The van der Waals surface area contributed by atoms with Gasteiger partial charge in [-0.25, -0.2) is 4.39 Å². The van der Waals surface area contributed by atoms with Crippen molar-refractivity contribution in [1.82, 2.24) is 0 Å². The first-order valence-corrected chi connectivity index (χ1v) is 10.6. The van der Waals surface area contributed by atoms with Crippen molar-refractivity contribution in [2.75, 3.05) is 12.4 Å². The molecule has 32 heavy (non-hydrogen) atoms. The van der Waals surface area contributed by atoms with Gasteiger partial charge in [0.1, 0.15) is 17.3 Å². The van der Waals surface area contributed by atoms with Crippen LogP contribution in [0.4, 0.5) is 10.1 Å². The van der Waals surface area contributed by atoms with Crippen LogP contribution in [0, 0.1) is 12.7 Å². The largest absolute Gasteiger partial charge is 0.508 e. The van der Waals surface area contributed by atoms with Crippen LogP contribution < -0.4 is 15.8 Å². The van der Waals surface area contributed by atoms with E-state index in [1.165, 1.54) is 12.1 Å². The lowest BCUT2D eigenvalue weighted by molar-refractivity contribution is 0.409. The number of methoxy groups -OCH3 is 1.